The van der Waals surface area contributed by atoms with Crippen LogP contribution in [-0.2, 0) is 18.9 Å². The van der Waals surface area contributed by atoms with Crippen LogP contribution in [0.25, 0.3) is 0 Å². The highest BCUT2D eigenvalue weighted by Crippen LogP contribution is 2.41. The molecule has 114 valence electrons. The van der Waals surface area contributed by atoms with E-state index in [-0.39, 0.29) is 42.8 Å². The van der Waals surface area contributed by atoms with Gasteiger partial charge in [-0.2, -0.15) is 0 Å². The maximum absolute atomic E-state index is 11.9. The first-order chi connectivity index (χ1) is 9.94. The van der Waals surface area contributed by atoms with E-state index in [1.807, 2.05) is 26.8 Å². The molecule has 2 heterocycles. The predicted octanol–water partition coefficient (Wildman–Crippen LogP) is 2.15. The van der Waals surface area contributed by atoms with Crippen molar-refractivity contribution < 1.29 is 23.7 Å². The average molecular weight is 292 g/mol. The maximum atomic E-state index is 11.9. The van der Waals surface area contributed by atoms with Gasteiger partial charge in [0.1, 0.15) is 24.9 Å². The standard InChI is InChI=1S/C16H20O5/c1-16(2,3)21-15-13-12(20-13)11(19-15)9-18-14(17)10-7-5-4-6-8-10/h4-8,11-13,15H,9H2,1-3H3/t11-,12+,13+,15?/m1/s1. The maximum Gasteiger partial charge on any atom is 0.338 e. The molecule has 0 spiro atoms. The third-order valence-electron chi connectivity index (χ3n) is 3.36. The molecule has 21 heavy (non-hydrogen) atoms. The van der Waals surface area contributed by atoms with Crippen LogP contribution in [-0.4, -0.2) is 42.8 Å². The Kier molecular flexibility index (Phi) is 3.73. The summed E-state index contributed by atoms with van der Waals surface area (Å²) in [4.78, 5) is 11.9. The summed E-state index contributed by atoms with van der Waals surface area (Å²) in [6.07, 6.45) is -0.698. The minimum atomic E-state index is -0.379. The summed E-state index contributed by atoms with van der Waals surface area (Å²) in [5.74, 6) is -0.350. The Labute approximate surface area is 124 Å². The van der Waals surface area contributed by atoms with Gasteiger partial charge in [0.2, 0.25) is 0 Å². The number of ether oxygens (including phenoxy) is 4. The predicted molar refractivity (Wildman–Crippen MR) is 74.9 cm³/mol. The summed E-state index contributed by atoms with van der Waals surface area (Å²) in [5, 5.41) is 0. The molecule has 5 heteroatoms. The van der Waals surface area contributed by atoms with E-state index in [4.69, 9.17) is 18.9 Å². The molecule has 0 amide bonds. The second kappa shape index (κ2) is 5.40. The van der Waals surface area contributed by atoms with Crippen LogP contribution in [0.3, 0.4) is 0 Å². The Morgan fingerprint density at radius 2 is 1.86 bits per heavy atom. The van der Waals surface area contributed by atoms with Crippen molar-refractivity contribution in [3.05, 3.63) is 35.9 Å². The van der Waals surface area contributed by atoms with E-state index < -0.39 is 0 Å². The van der Waals surface area contributed by atoms with Gasteiger partial charge in [-0.15, -0.1) is 0 Å². The van der Waals surface area contributed by atoms with Gasteiger partial charge in [0, 0.05) is 0 Å². The van der Waals surface area contributed by atoms with Gasteiger partial charge in [-0.25, -0.2) is 4.79 Å². The van der Waals surface area contributed by atoms with Gasteiger partial charge in [-0.1, -0.05) is 18.2 Å². The minimum absolute atomic E-state index is 0.0269. The number of hydrogen-bond donors (Lipinski definition) is 0. The van der Waals surface area contributed by atoms with Crippen molar-refractivity contribution >= 4 is 5.97 Å². The van der Waals surface area contributed by atoms with Crippen molar-refractivity contribution in [3.8, 4) is 0 Å². The lowest BCUT2D eigenvalue weighted by atomic mass is 10.2. The summed E-state index contributed by atoms with van der Waals surface area (Å²) in [5.41, 5.74) is 0.239. The topological polar surface area (TPSA) is 57.3 Å². The molecule has 3 rings (SSSR count). The minimum Gasteiger partial charge on any atom is -0.459 e. The smallest absolute Gasteiger partial charge is 0.338 e. The van der Waals surface area contributed by atoms with Gasteiger partial charge in [-0.05, 0) is 32.9 Å². The van der Waals surface area contributed by atoms with Gasteiger partial charge in [-0.3, -0.25) is 0 Å². The van der Waals surface area contributed by atoms with Crippen LogP contribution < -0.4 is 0 Å². The third-order valence-corrected chi connectivity index (χ3v) is 3.36. The molecule has 2 aliphatic heterocycles. The molecule has 5 nitrogen and oxygen atoms in total. The number of esters is 1. The van der Waals surface area contributed by atoms with Crippen LogP contribution in [0, 0.1) is 0 Å². The van der Waals surface area contributed by atoms with E-state index in [0.29, 0.717) is 5.56 Å². The molecule has 0 N–H and O–H groups in total. The zero-order valence-electron chi connectivity index (χ0n) is 12.4. The Hall–Kier alpha value is -1.43. The van der Waals surface area contributed by atoms with E-state index in [1.54, 1.807) is 24.3 Å². The zero-order valence-corrected chi connectivity index (χ0v) is 12.4. The van der Waals surface area contributed by atoms with Gasteiger partial charge >= 0.3 is 5.97 Å². The van der Waals surface area contributed by atoms with Gasteiger partial charge in [0.15, 0.2) is 6.29 Å². The average Bonchev–Trinajstić information content (AvgIpc) is 3.16. The largest absolute Gasteiger partial charge is 0.459 e. The second-order valence-electron chi connectivity index (χ2n) is 6.30. The molecule has 1 aromatic carbocycles. The fourth-order valence-corrected chi connectivity index (χ4v) is 2.37. The summed E-state index contributed by atoms with van der Waals surface area (Å²) >= 11 is 0. The van der Waals surface area contributed by atoms with Crippen LogP contribution in [0.15, 0.2) is 30.3 Å². The monoisotopic (exact) mass is 292 g/mol. The quantitative estimate of drug-likeness (QED) is 0.628. The van der Waals surface area contributed by atoms with Crippen LogP contribution in [0.4, 0.5) is 0 Å². The lowest BCUT2D eigenvalue weighted by Gasteiger charge is -2.26. The molecule has 0 aromatic heterocycles. The summed E-state index contributed by atoms with van der Waals surface area (Å²) in [6.45, 7) is 6.09. The van der Waals surface area contributed by atoms with Crippen molar-refractivity contribution in [2.45, 2.75) is 51.0 Å². The molecule has 2 aliphatic rings. The molecule has 0 aliphatic carbocycles. The van der Waals surface area contributed by atoms with Crippen molar-refractivity contribution in [1.82, 2.24) is 0 Å². The number of hydrogen-bond acceptors (Lipinski definition) is 5. The summed E-state index contributed by atoms with van der Waals surface area (Å²) in [6, 6.07) is 8.90. The molecule has 1 unspecified atom stereocenters. The SMILES string of the molecule is CC(C)(C)OC1O[C@H](COC(=O)c2ccccc2)[C@@H]2O[C@H]12. The fourth-order valence-electron chi connectivity index (χ4n) is 2.37. The van der Waals surface area contributed by atoms with Gasteiger partial charge < -0.3 is 18.9 Å². The Morgan fingerprint density at radius 1 is 1.14 bits per heavy atom. The first-order valence-corrected chi connectivity index (χ1v) is 7.15. The van der Waals surface area contributed by atoms with Crippen LogP contribution >= 0.6 is 0 Å². The molecule has 2 saturated heterocycles. The van der Waals surface area contributed by atoms with E-state index in [9.17, 15) is 4.79 Å². The lowest BCUT2D eigenvalue weighted by Crippen LogP contribution is -2.33. The second-order valence-corrected chi connectivity index (χ2v) is 6.30. The van der Waals surface area contributed by atoms with Crippen LogP contribution in [0.2, 0.25) is 0 Å². The Balaban J connectivity index is 1.50. The molecule has 2 fully saturated rings. The first-order valence-electron chi connectivity index (χ1n) is 7.15. The van der Waals surface area contributed by atoms with Gasteiger partial charge in [0.05, 0.1) is 11.2 Å². The number of benzene rings is 1. The fraction of sp³-hybridized carbons (Fsp3) is 0.562. The Morgan fingerprint density at radius 3 is 2.52 bits per heavy atom. The van der Waals surface area contributed by atoms with Gasteiger partial charge in [0.25, 0.3) is 0 Å². The molecular weight excluding hydrogens is 272 g/mol. The van der Waals surface area contributed by atoms with Crippen molar-refractivity contribution in [1.29, 1.82) is 0 Å². The number of fused-ring (bicyclic) bond motifs is 1. The number of carbonyl (C=O) groups is 1. The molecule has 4 atom stereocenters. The number of epoxide rings is 1. The first kappa shape index (κ1) is 14.5. The normalized spacial score (nSPS) is 30.8. The highest BCUT2D eigenvalue weighted by Gasteiger charge is 2.59. The summed E-state index contributed by atoms with van der Waals surface area (Å²) < 4.78 is 22.4. The van der Waals surface area contributed by atoms with Crippen LogP contribution in [0.1, 0.15) is 31.1 Å². The van der Waals surface area contributed by atoms with E-state index in [1.165, 1.54) is 0 Å². The van der Waals surface area contributed by atoms with Crippen molar-refractivity contribution in [3.63, 3.8) is 0 Å². The Bertz CT molecular complexity index is 507. The highest BCUT2D eigenvalue weighted by atomic mass is 16.8. The molecule has 0 radical (unpaired) electrons. The molecule has 0 saturated carbocycles. The summed E-state index contributed by atoms with van der Waals surface area (Å²) in [7, 11) is 0. The number of rotatable bonds is 4. The molecule has 1 aromatic rings. The molecule has 0 bridgehead atoms. The van der Waals surface area contributed by atoms with E-state index in [2.05, 4.69) is 0 Å². The van der Waals surface area contributed by atoms with Crippen molar-refractivity contribution in [2.75, 3.05) is 6.61 Å². The molecular formula is C16H20O5. The van der Waals surface area contributed by atoms with E-state index >= 15 is 0 Å². The lowest BCUT2D eigenvalue weighted by molar-refractivity contribution is -0.220. The highest BCUT2D eigenvalue weighted by molar-refractivity contribution is 5.89. The third kappa shape index (κ3) is 3.43. The van der Waals surface area contributed by atoms with Crippen LogP contribution in [0.5, 0.6) is 0 Å². The van der Waals surface area contributed by atoms with E-state index in [0.717, 1.165) is 0 Å². The number of carbonyl (C=O) groups excluding carboxylic acids is 1. The zero-order chi connectivity index (χ0) is 15.0. The van der Waals surface area contributed by atoms with Crippen molar-refractivity contribution in [2.24, 2.45) is 0 Å².